The van der Waals surface area contributed by atoms with Gasteiger partial charge in [-0.1, -0.05) is 18.2 Å². The van der Waals surface area contributed by atoms with Crippen LogP contribution in [0, 0.1) is 5.82 Å². The molecule has 6 heteroatoms. The summed E-state index contributed by atoms with van der Waals surface area (Å²) in [7, 11) is 0. The Morgan fingerprint density at radius 3 is 2.48 bits per heavy atom. The minimum atomic E-state index is -4.80. The van der Waals surface area contributed by atoms with Gasteiger partial charge in [0.1, 0.15) is 11.6 Å². The molecule has 2 aromatic rings. The molecule has 0 saturated heterocycles. The molecule has 0 radical (unpaired) electrons. The van der Waals surface area contributed by atoms with Crippen LogP contribution in [0.25, 0.3) is 11.1 Å². The first-order valence-corrected chi connectivity index (χ1v) is 6.14. The fraction of sp³-hybridized carbons (Fsp3) is 0.200. The number of halogens is 4. The molecule has 21 heavy (non-hydrogen) atoms. The molecule has 0 aliphatic heterocycles. The van der Waals surface area contributed by atoms with E-state index < -0.39 is 17.9 Å². The zero-order valence-electron chi connectivity index (χ0n) is 10.8. The van der Waals surface area contributed by atoms with E-state index >= 15 is 0 Å². The Balaban J connectivity index is 2.37. The zero-order valence-corrected chi connectivity index (χ0v) is 10.8. The molecule has 0 unspecified atom stereocenters. The molecule has 0 spiro atoms. The highest BCUT2D eigenvalue weighted by atomic mass is 19.4. The van der Waals surface area contributed by atoms with Crippen molar-refractivity contribution in [3.63, 3.8) is 0 Å². The minimum Gasteiger partial charge on any atom is -0.406 e. The topological polar surface area (TPSA) is 29.5 Å². The van der Waals surface area contributed by atoms with Crippen LogP contribution < -0.4 is 4.74 Å². The second-order valence-corrected chi connectivity index (χ2v) is 4.36. The van der Waals surface area contributed by atoms with Gasteiger partial charge in [0.2, 0.25) is 0 Å². The molecule has 0 aliphatic carbocycles. The summed E-state index contributed by atoms with van der Waals surface area (Å²) in [6, 6.07) is 9.35. The monoisotopic (exact) mass is 300 g/mol. The molecule has 0 aromatic heterocycles. The van der Waals surface area contributed by atoms with Gasteiger partial charge < -0.3 is 9.84 Å². The fourth-order valence-corrected chi connectivity index (χ4v) is 1.94. The molecule has 2 rings (SSSR count). The van der Waals surface area contributed by atoms with Gasteiger partial charge in [0, 0.05) is 12.2 Å². The lowest BCUT2D eigenvalue weighted by Crippen LogP contribution is -2.17. The standard InChI is InChI=1S/C15H12F4O2/c16-14-5-4-10(6-7-20)8-13(14)11-2-1-3-12(9-11)21-15(17,18)19/h1-5,8-9,20H,6-7H2. The van der Waals surface area contributed by atoms with E-state index in [1.807, 2.05) is 0 Å². The number of aliphatic hydroxyl groups is 1. The highest BCUT2D eigenvalue weighted by molar-refractivity contribution is 5.66. The van der Waals surface area contributed by atoms with Crippen LogP contribution in [0.1, 0.15) is 5.56 Å². The van der Waals surface area contributed by atoms with Gasteiger partial charge in [0.05, 0.1) is 0 Å². The van der Waals surface area contributed by atoms with Crippen LogP contribution in [0.15, 0.2) is 42.5 Å². The van der Waals surface area contributed by atoms with E-state index in [4.69, 9.17) is 5.11 Å². The largest absolute Gasteiger partial charge is 0.573 e. The second-order valence-electron chi connectivity index (χ2n) is 4.36. The third-order valence-corrected chi connectivity index (χ3v) is 2.81. The number of aliphatic hydroxyl groups excluding tert-OH is 1. The average Bonchev–Trinajstić information content (AvgIpc) is 2.39. The molecule has 2 nitrogen and oxygen atoms in total. The van der Waals surface area contributed by atoms with Crippen LogP contribution >= 0.6 is 0 Å². The fourth-order valence-electron chi connectivity index (χ4n) is 1.94. The van der Waals surface area contributed by atoms with Crippen LogP contribution in [0.4, 0.5) is 17.6 Å². The van der Waals surface area contributed by atoms with Gasteiger partial charge in [-0.15, -0.1) is 13.2 Å². The van der Waals surface area contributed by atoms with Gasteiger partial charge in [-0.05, 0) is 41.8 Å². The van der Waals surface area contributed by atoms with Gasteiger partial charge in [-0.3, -0.25) is 0 Å². The molecule has 0 atom stereocenters. The van der Waals surface area contributed by atoms with E-state index in [1.165, 1.54) is 30.3 Å². The van der Waals surface area contributed by atoms with E-state index in [1.54, 1.807) is 0 Å². The Kier molecular flexibility index (Phi) is 4.47. The Bertz CT molecular complexity index is 623. The molecule has 2 aromatic carbocycles. The molecule has 112 valence electrons. The predicted molar refractivity (Wildman–Crippen MR) is 69.3 cm³/mol. The minimum absolute atomic E-state index is 0.0949. The van der Waals surface area contributed by atoms with Crippen molar-refractivity contribution in [2.24, 2.45) is 0 Å². The molecular weight excluding hydrogens is 288 g/mol. The summed E-state index contributed by atoms with van der Waals surface area (Å²) in [5.74, 6) is -0.965. The molecule has 0 saturated carbocycles. The maximum absolute atomic E-state index is 13.8. The normalized spacial score (nSPS) is 11.5. The lowest BCUT2D eigenvalue weighted by Gasteiger charge is -2.11. The van der Waals surface area contributed by atoms with Crippen molar-refractivity contribution in [1.29, 1.82) is 0 Å². The molecule has 0 fully saturated rings. The smallest absolute Gasteiger partial charge is 0.406 e. The van der Waals surface area contributed by atoms with Crippen molar-refractivity contribution in [3.05, 3.63) is 53.8 Å². The Morgan fingerprint density at radius 2 is 1.81 bits per heavy atom. The Labute approximate surface area is 118 Å². The van der Waals surface area contributed by atoms with Crippen molar-refractivity contribution in [2.45, 2.75) is 12.8 Å². The second kappa shape index (κ2) is 6.13. The summed E-state index contributed by atoms with van der Waals surface area (Å²) in [6.45, 7) is -0.0949. The van der Waals surface area contributed by atoms with Gasteiger partial charge in [0.25, 0.3) is 0 Å². The molecule has 1 N–H and O–H groups in total. The van der Waals surface area contributed by atoms with Crippen LogP contribution in [0.3, 0.4) is 0 Å². The highest BCUT2D eigenvalue weighted by Gasteiger charge is 2.31. The summed E-state index contributed by atoms with van der Waals surface area (Å²) in [5.41, 5.74) is 1.12. The summed E-state index contributed by atoms with van der Waals surface area (Å²) in [6.07, 6.45) is -4.46. The quantitative estimate of drug-likeness (QED) is 0.867. The first kappa shape index (κ1) is 15.3. The average molecular weight is 300 g/mol. The highest BCUT2D eigenvalue weighted by Crippen LogP contribution is 2.30. The first-order chi connectivity index (χ1) is 9.89. The Morgan fingerprint density at radius 1 is 1.05 bits per heavy atom. The summed E-state index contributed by atoms with van der Waals surface area (Å²) in [5, 5.41) is 8.88. The van der Waals surface area contributed by atoms with Crippen molar-refractivity contribution in [3.8, 4) is 16.9 Å². The molecule has 0 amide bonds. The van der Waals surface area contributed by atoms with Gasteiger partial charge in [-0.25, -0.2) is 4.39 Å². The van der Waals surface area contributed by atoms with Crippen LogP contribution in [0.2, 0.25) is 0 Å². The van der Waals surface area contributed by atoms with Crippen molar-refractivity contribution in [1.82, 2.24) is 0 Å². The lowest BCUT2D eigenvalue weighted by atomic mass is 10.0. The van der Waals surface area contributed by atoms with E-state index in [-0.39, 0.29) is 17.7 Å². The number of hydrogen-bond acceptors (Lipinski definition) is 2. The number of benzene rings is 2. The van der Waals surface area contributed by atoms with Gasteiger partial charge in [0.15, 0.2) is 0 Å². The molecule has 0 heterocycles. The van der Waals surface area contributed by atoms with Gasteiger partial charge >= 0.3 is 6.36 Å². The van der Waals surface area contributed by atoms with Crippen molar-refractivity contribution >= 4 is 0 Å². The van der Waals surface area contributed by atoms with Crippen molar-refractivity contribution in [2.75, 3.05) is 6.61 Å². The number of ether oxygens (including phenoxy) is 1. The van der Waals surface area contributed by atoms with E-state index in [9.17, 15) is 17.6 Å². The first-order valence-electron chi connectivity index (χ1n) is 6.14. The summed E-state index contributed by atoms with van der Waals surface area (Å²) >= 11 is 0. The number of hydrogen-bond donors (Lipinski definition) is 1. The number of rotatable bonds is 4. The molecular formula is C15H12F4O2. The van der Waals surface area contributed by atoms with E-state index in [0.717, 1.165) is 12.1 Å². The van der Waals surface area contributed by atoms with Crippen molar-refractivity contribution < 1.29 is 27.4 Å². The lowest BCUT2D eigenvalue weighted by molar-refractivity contribution is -0.274. The summed E-state index contributed by atoms with van der Waals surface area (Å²) < 4.78 is 54.2. The van der Waals surface area contributed by atoms with Gasteiger partial charge in [-0.2, -0.15) is 0 Å². The van der Waals surface area contributed by atoms with E-state index in [2.05, 4.69) is 4.74 Å². The SMILES string of the molecule is OCCc1ccc(F)c(-c2cccc(OC(F)(F)F)c2)c1. The van der Waals surface area contributed by atoms with Crippen LogP contribution in [-0.4, -0.2) is 18.1 Å². The van der Waals surface area contributed by atoms with Crippen LogP contribution in [0.5, 0.6) is 5.75 Å². The Hall–Kier alpha value is -2.08. The maximum atomic E-state index is 13.8. The molecule has 0 bridgehead atoms. The predicted octanol–water partition coefficient (Wildman–Crippen LogP) is 3.93. The molecule has 0 aliphatic rings. The summed E-state index contributed by atoms with van der Waals surface area (Å²) in [4.78, 5) is 0. The third-order valence-electron chi connectivity index (χ3n) is 2.81. The van der Waals surface area contributed by atoms with Crippen LogP contribution in [-0.2, 0) is 6.42 Å². The van der Waals surface area contributed by atoms with E-state index in [0.29, 0.717) is 12.0 Å². The number of alkyl halides is 3. The maximum Gasteiger partial charge on any atom is 0.573 e. The third kappa shape index (κ3) is 4.19. The zero-order chi connectivity index (χ0) is 15.5.